The van der Waals surface area contributed by atoms with Crippen LogP contribution in [0.25, 0.3) is 0 Å². The second-order valence-corrected chi connectivity index (χ2v) is 4.35. The summed E-state index contributed by atoms with van der Waals surface area (Å²) in [5, 5.41) is 3.62. The third-order valence-electron chi connectivity index (χ3n) is 3.22. The first-order chi connectivity index (χ1) is 7.40. The third-order valence-corrected chi connectivity index (χ3v) is 3.22. The lowest BCUT2D eigenvalue weighted by Crippen LogP contribution is -2.37. The summed E-state index contributed by atoms with van der Waals surface area (Å²) in [6, 6.07) is 2.89. The van der Waals surface area contributed by atoms with Crippen LogP contribution in [0.3, 0.4) is 0 Å². The van der Waals surface area contributed by atoms with Crippen molar-refractivity contribution in [2.24, 2.45) is 5.73 Å². The van der Waals surface area contributed by atoms with Crippen LogP contribution < -0.4 is 11.1 Å². The van der Waals surface area contributed by atoms with Gasteiger partial charge in [0.1, 0.15) is 0 Å². The Hall–Kier alpha value is -0.800. The van der Waals surface area contributed by atoms with E-state index in [1.165, 1.54) is 37.7 Å². The first-order valence-corrected chi connectivity index (χ1v) is 5.88. The molecule has 1 fully saturated rings. The molecular formula is C12H20N2O. The minimum absolute atomic E-state index is 0.256. The summed E-state index contributed by atoms with van der Waals surface area (Å²) in [4.78, 5) is 0. The average molecular weight is 208 g/mol. The Labute approximate surface area is 91.0 Å². The topological polar surface area (TPSA) is 51.2 Å². The van der Waals surface area contributed by atoms with E-state index >= 15 is 0 Å². The van der Waals surface area contributed by atoms with Crippen LogP contribution in [0.5, 0.6) is 0 Å². The maximum atomic E-state index is 5.78. The predicted octanol–water partition coefficient (Wildman–Crippen LogP) is 2.20. The van der Waals surface area contributed by atoms with E-state index in [0.717, 1.165) is 0 Å². The normalized spacial score (nSPS) is 20.3. The van der Waals surface area contributed by atoms with Gasteiger partial charge in [0.15, 0.2) is 0 Å². The summed E-state index contributed by atoms with van der Waals surface area (Å²) >= 11 is 0. The zero-order valence-electron chi connectivity index (χ0n) is 9.11. The summed E-state index contributed by atoms with van der Waals surface area (Å²) < 4.78 is 5.09. The maximum Gasteiger partial charge on any atom is 0.0950 e. The monoisotopic (exact) mass is 208 g/mol. The van der Waals surface area contributed by atoms with Gasteiger partial charge in [0.2, 0.25) is 0 Å². The van der Waals surface area contributed by atoms with Crippen molar-refractivity contribution < 1.29 is 4.42 Å². The van der Waals surface area contributed by atoms with E-state index in [-0.39, 0.29) is 6.04 Å². The number of furan rings is 1. The van der Waals surface area contributed by atoms with Gasteiger partial charge in [0.25, 0.3) is 0 Å². The summed E-state index contributed by atoms with van der Waals surface area (Å²) in [6.07, 6.45) is 10.1. The summed E-state index contributed by atoms with van der Waals surface area (Å²) in [6.45, 7) is 0.635. The van der Waals surface area contributed by atoms with Gasteiger partial charge >= 0.3 is 0 Å². The van der Waals surface area contributed by atoms with Gasteiger partial charge in [-0.1, -0.05) is 19.3 Å². The highest BCUT2D eigenvalue weighted by molar-refractivity contribution is 5.12. The molecular weight excluding hydrogens is 188 g/mol. The van der Waals surface area contributed by atoms with Crippen molar-refractivity contribution in [1.29, 1.82) is 0 Å². The molecule has 0 amide bonds. The molecule has 1 atom stereocenters. The zero-order valence-corrected chi connectivity index (χ0v) is 9.11. The summed E-state index contributed by atoms with van der Waals surface area (Å²) in [7, 11) is 0. The van der Waals surface area contributed by atoms with Crippen molar-refractivity contribution in [3.63, 3.8) is 0 Å². The molecule has 0 bridgehead atoms. The molecule has 1 aromatic rings. The van der Waals surface area contributed by atoms with E-state index < -0.39 is 0 Å². The van der Waals surface area contributed by atoms with Crippen LogP contribution in [-0.4, -0.2) is 12.6 Å². The van der Waals surface area contributed by atoms with Crippen molar-refractivity contribution in [3.05, 3.63) is 24.2 Å². The first-order valence-electron chi connectivity index (χ1n) is 5.88. The lowest BCUT2D eigenvalue weighted by molar-refractivity contribution is 0.339. The lowest BCUT2D eigenvalue weighted by Gasteiger charge is -2.27. The van der Waals surface area contributed by atoms with E-state index in [1.807, 2.05) is 6.07 Å². The molecule has 1 aromatic heterocycles. The highest BCUT2D eigenvalue weighted by Gasteiger charge is 2.18. The zero-order chi connectivity index (χ0) is 10.5. The first kappa shape index (κ1) is 10.7. The average Bonchev–Trinajstić information content (AvgIpc) is 2.81. The van der Waals surface area contributed by atoms with E-state index in [9.17, 15) is 0 Å². The highest BCUT2D eigenvalue weighted by atomic mass is 16.3. The molecule has 2 rings (SSSR count). The third kappa shape index (κ3) is 2.83. The van der Waals surface area contributed by atoms with Crippen LogP contribution in [0.15, 0.2) is 23.0 Å². The van der Waals surface area contributed by atoms with Gasteiger partial charge in [0.05, 0.1) is 12.5 Å². The van der Waals surface area contributed by atoms with Crippen LogP contribution in [0.1, 0.15) is 43.7 Å². The quantitative estimate of drug-likeness (QED) is 0.797. The second-order valence-electron chi connectivity index (χ2n) is 4.35. The second kappa shape index (κ2) is 5.33. The maximum absolute atomic E-state index is 5.78. The van der Waals surface area contributed by atoms with Gasteiger partial charge in [-0.3, -0.25) is 0 Å². The molecule has 3 N–H and O–H groups in total. The summed E-state index contributed by atoms with van der Waals surface area (Å²) in [5.74, 6) is 0. The minimum Gasteiger partial charge on any atom is -0.472 e. The van der Waals surface area contributed by atoms with E-state index in [1.54, 1.807) is 12.5 Å². The van der Waals surface area contributed by atoms with Crippen molar-refractivity contribution in [2.45, 2.75) is 44.2 Å². The molecule has 1 heterocycles. The minimum atomic E-state index is 0.256. The number of rotatable bonds is 4. The van der Waals surface area contributed by atoms with Crippen LogP contribution >= 0.6 is 0 Å². The van der Waals surface area contributed by atoms with Crippen LogP contribution in [-0.2, 0) is 0 Å². The molecule has 0 radical (unpaired) electrons. The molecule has 3 nitrogen and oxygen atoms in total. The predicted molar refractivity (Wildman–Crippen MR) is 60.5 cm³/mol. The number of nitrogens with two attached hydrogens (primary N) is 1. The van der Waals surface area contributed by atoms with Gasteiger partial charge in [-0.05, 0) is 18.9 Å². The van der Waals surface area contributed by atoms with Crippen molar-refractivity contribution in [2.75, 3.05) is 6.54 Å². The largest absolute Gasteiger partial charge is 0.472 e. The smallest absolute Gasteiger partial charge is 0.0950 e. The molecule has 0 aromatic carbocycles. The molecule has 84 valence electrons. The molecule has 1 saturated carbocycles. The Morgan fingerprint density at radius 2 is 2.20 bits per heavy atom. The molecule has 0 spiro atoms. The Morgan fingerprint density at radius 1 is 1.40 bits per heavy atom. The SMILES string of the molecule is NCC(NC1CCCCC1)c1ccoc1. The Kier molecular flexibility index (Phi) is 3.80. The Balaban J connectivity index is 1.90. The van der Waals surface area contributed by atoms with E-state index in [4.69, 9.17) is 10.2 Å². The number of hydrogen-bond donors (Lipinski definition) is 2. The fourth-order valence-corrected chi connectivity index (χ4v) is 2.33. The standard InChI is InChI=1S/C12H20N2O/c13-8-12(10-6-7-15-9-10)14-11-4-2-1-3-5-11/h6-7,9,11-12,14H,1-5,8,13H2. The molecule has 3 heteroatoms. The van der Waals surface area contributed by atoms with Crippen molar-refractivity contribution in [3.8, 4) is 0 Å². The van der Waals surface area contributed by atoms with Gasteiger partial charge in [-0.25, -0.2) is 0 Å². The lowest BCUT2D eigenvalue weighted by atomic mass is 9.94. The molecule has 1 aliphatic rings. The molecule has 15 heavy (non-hydrogen) atoms. The highest BCUT2D eigenvalue weighted by Crippen LogP contribution is 2.21. The number of nitrogens with one attached hydrogen (secondary N) is 1. The molecule has 0 saturated heterocycles. The molecule has 1 unspecified atom stereocenters. The van der Waals surface area contributed by atoms with Crippen LogP contribution in [0.4, 0.5) is 0 Å². The Bertz CT molecular complexity index is 265. The van der Waals surface area contributed by atoms with Crippen molar-refractivity contribution >= 4 is 0 Å². The van der Waals surface area contributed by atoms with E-state index in [2.05, 4.69) is 5.32 Å². The van der Waals surface area contributed by atoms with Gasteiger partial charge in [0, 0.05) is 24.2 Å². The fourth-order valence-electron chi connectivity index (χ4n) is 2.33. The fraction of sp³-hybridized carbons (Fsp3) is 0.667. The summed E-state index contributed by atoms with van der Waals surface area (Å²) in [5.41, 5.74) is 6.95. The van der Waals surface area contributed by atoms with Crippen LogP contribution in [0.2, 0.25) is 0 Å². The molecule has 1 aliphatic carbocycles. The van der Waals surface area contributed by atoms with Gasteiger partial charge in [-0.2, -0.15) is 0 Å². The van der Waals surface area contributed by atoms with Gasteiger partial charge in [-0.15, -0.1) is 0 Å². The van der Waals surface area contributed by atoms with Crippen LogP contribution in [0, 0.1) is 0 Å². The number of hydrogen-bond acceptors (Lipinski definition) is 3. The van der Waals surface area contributed by atoms with E-state index in [0.29, 0.717) is 12.6 Å². The van der Waals surface area contributed by atoms with Gasteiger partial charge < -0.3 is 15.5 Å². The molecule has 0 aliphatic heterocycles. The Morgan fingerprint density at radius 3 is 2.80 bits per heavy atom. The van der Waals surface area contributed by atoms with Crippen molar-refractivity contribution in [1.82, 2.24) is 5.32 Å².